The Hall–Kier alpha value is -1.66. The van der Waals surface area contributed by atoms with Crippen LogP contribution in [0.5, 0.6) is 0 Å². The molecule has 2 heterocycles. The zero-order chi connectivity index (χ0) is 13.1. The van der Waals surface area contributed by atoms with Crippen LogP contribution in [-0.2, 0) is 4.74 Å². The van der Waals surface area contributed by atoms with Crippen LogP contribution < -0.4 is 0 Å². The second-order valence-corrected chi connectivity index (χ2v) is 5.07. The lowest BCUT2D eigenvalue weighted by Gasteiger charge is -1.99. The van der Waals surface area contributed by atoms with E-state index in [4.69, 9.17) is 4.74 Å². The molecule has 0 atom stereocenters. The Labute approximate surface area is 114 Å². The summed E-state index contributed by atoms with van der Waals surface area (Å²) in [6.45, 7) is 3.43. The number of hydrogen-bond acceptors (Lipinski definition) is 5. The Morgan fingerprint density at radius 3 is 3.05 bits per heavy atom. The molecule has 2 aromatic heterocycles. The Kier molecular flexibility index (Phi) is 3.61. The van der Waals surface area contributed by atoms with Crippen LogP contribution in [0, 0.1) is 0 Å². The van der Waals surface area contributed by atoms with E-state index >= 15 is 0 Å². The molecule has 19 heavy (non-hydrogen) atoms. The average Bonchev–Trinajstić information content (AvgIpc) is 2.81. The molecule has 0 aliphatic heterocycles. The van der Waals surface area contributed by atoms with E-state index in [1.165, 1.54) is 0 Å². The zero-order valence-electron chi connectivity index (χ0n) is 10.6. The van der Waals surface area contributed by atoms with Crippen molar-refractivity contribution in [1.29, 1.82) is 0 Å². The number of nitrogens with zero attached hydrogens (tertiary/aromatic N) is 3. The van der Waals surface area contributed by atoms with E-state index in [1.54, 1.807) is 11.8 Å². The first-order valence-electron chi connectivity index (χ1n) is 6.20. The highest BCUT2D eigenvalue weighted by atomic mass is 32.2. The van der Waals surface area contributed by atoms with Crippen LogP contribution in [-0.4, -0.2) is 39.1 Å². The molecular weight excluding hydrogens is 260 g/mol. The van der Waals surface area contributed by atoms with E-state index in [0.29, 0.717) is 11.8 Å². The highest BCUT2D eigenvalue weighted by molar-refractivity contribution is 7.99. The first-order chi connectivity index (χ1) is 9.38. The summed E-state index contributed by atoms with van der Waals surface area (Å²) < 4.78 is 5.29. The topological polar surface area (TPSA) is 63.7 Å². The number of H-pyrrole nitrogens is 1. The van der Waals surface area contributed by atoms with E-state index in [0.717, 1.165) is 34.4 Å². The largest absolute Gasteiger partial charge is 0.381 e. The molecule has 0 bridgehead atoms. The van der Waals surface area contributed by atoms with Crippen LogP contribution in [0.15, 0.2) is 29.4 Å². The molecule has 3 aromatic rings. The molecule has 0 unspecified atom stereocenters. The zero-order valence-corrected chi connectivity index (χ0v) is 11.4. The summed E-state index contributed by atoms with van der Waals surface area (Å²) in [7, 11) is 0. The molecule has 0 saturated carbocycles. The predicted molar refractivity (Wildman–Crippen MR) is 76.4 cm³/mol. The normalized spacial score (nSPS) is 11.4. The van der Waals surface area contributed by atoms with Crippen molar-refractivity contribution in [3.8, 4) is 0 Å². The number of hydrogen-bond donors (Lipinski definition) is 1. The van der Waals surface area contributed by atoms with Crippen LogP contribution in [0.25, 0.3) is 22.1 Å². The van der Waals surface area contributed by atoms with Gasteiger partial charge in [-0.05, 0) is 13.0 Å². The number of para-hydroxylation sites is 1. The number of rotatable bonds is 5. The van der Waals surface area contributed by atoms with Gasteiger partial charge in [0, 0.05) is 23.3 Å². The summed E-state index contributed by atoms with van der Waals surface area (Å²) in [6.07, 6.45) is 0. The maximum atomic E-state index is 5.29. The van der Waals surface area contributed by atoms with E-state index in [-0.39, 0.29) is 0 Å². The molecule has 0 fully saturated rings. The first-order valence-corrected chi connectivity index (χ1v) is 7.18. The lowest BCUT2D eigenvalue weighted by Crippen LogP contribution is -1.98. The summed E-state index contributed by atoms with van der Waals surface area (Å²) in [6, 6.07) is 8.01. The SMILES string of the molecule is CCOCCSc1nnc2c(n1)[nH]c1ccccc12. The Morgan fingerprint density at radius 1 is 1.26 bits per heavy atom. The Morgan fingerprint density at radius 2 is 2.16 bits per heavy atom. The van der Waals surface area contributed by atoms with Gasteiger partial charge in [-0.15, -0.1) is 10.2 Å². The molecule has 0 radical (unpaired) electrons. The lowest BCUT2D eigenvalue weighted by atomic mass is 10.2. The standard InChI is InChI=1S/C13H14N4OS/c1-2-18-7-8-19-13-15-12-11(16-17-13)9-5-3-4-6-10(9)14-12/h3-6H,2,7-8H2,1H3,(H,14,15,17). The Balaban J connectivity index is 1.86. The van der Waals surface area contributed by atoms with Crippen molar-refractivity contribution in [2.45, 2.75) is 12.1 Å². The van der Waals surface area contributed by atoms with E-state index < -0.39 is 0 Å². The number of benzene rings is 1. The monoisotopic (exact) mass is 274 g/mol. The predicted octanol–water partition coefficient (Wildman–Crippen LogP) is 2.63. The number of nitrogens with one attached hydrogen (secondary N) is 1. The Bertz CT molecular complexity index is 697. The molecule has 98 valence electrons. The molecule has 3 rings (SSSR count). The highest BCUT2D eigenvalue weighted by Gasteiger charge is 2.08. The minimum absolute atomic E-state index is 0.679. The van der Waals surface area contributed by atoms with Crippen LogP contribution in [0.1, 0.15) is 6.92 Å². The number of aromatic amines is 1. The summed E-state index contributed by atoms with van der Waals surface area (Å²) >= 11 is 1.56. The third-order valence-electron chi connectivity index (χ3n) is 2.77. The van der Waals surface area contributed by atoms with E-state index in [2.05, 4.69) is 20.2 Å². The van der Waals surface area contributed by atoms with Crippen LogP contribution in [0.2, 0.25) is 0 Å². The minimum Gasteiger partial charge on any atom is -0.381 e. The molecule has 6 heteroatoms. The third-order valence-corrected chi connectivity index (χ3v) is 3.57. The lowest BCUT2D eigenvalue weighted by molar-refractivity contribution is 0.164. The van der Waals surface area contributed by atoms with Gasteiger partial charge in [0.05, 0.1) is 6.61 Å². The van der Waals surface area contributed by atoms with Crippen molar-refractivity contribution in [1.82, 2.24) is 20.2 Å². The van der Waals surface area contributed by atoms with Crippen molar-refractivity contribution >= 4 is 33.8 Å². The second kappa shape index (κ2) is 5.54. The smallest absolute Gasteiger partial charge is 0.211 e. The van der Waals surface area contributed by atoms with Gasteiger partial charge in [0.25, 0.3) is 0 Å². The van der Waals surface area contributed by atoms with Gasteiger partial charge in [0.1, 0.15) is 5.52 Å². The van der Waals surface area contributed by atoms with Crippen molar-refractivity contribution < 1.29 is 4.74 Å². The third kappa shape index (κ3) is 2.54. The maximum Gasteiger partial charge on any atom is 0.211 e. The molecule has 1 aromatic carbocycles. The fourth-order valence-electron chi connectivity index (χ4n) is 1.90. The number of thioether (sulfide) groups is 1. The summed E-state index contributed by atoms with van der Waals surface area (Å²) in [5.41, 5.74) is 2.65. The van der Waals surface area contributed by atoms with Crippen LogP contribution >= 0.6 is 11.8 Å². The molecule has 0 spiro atoms. The average molecular weight is 274 g/mol. The van der Waals surface area contributed by atoms with Gasteiger partial charge in [-0.2, -0.15) is 0 Å². The van der Waals surface area contributed by atoms with Gasteiger partial charge >= 0.3 is 0 Å². The summed E-state index contributed by atoms with van der Waals surface area (Å²) in [5.74, 6) is 0.835. The number of fused-ring (bicyclic) bond motifs is 3. The van der Waals surface area contributed by atoms with Crippen LogP contribution in [0.3, 0.4) is 0 Å². The van der Waals surface area contributed by atoms with Crippen molar-refractivity contribution in [2.24, 2.45) is 0 Å². The summed E-state index contributed by atoms with van der Waals surface area (Å²) in [4.78, 5) is 7.75. The van der Waals surface area contributed by atoms with Gasteiger partial charge in [-0.1, -0.05) is 30.0 Å². The van der Waals surface area contributed by atoms with Crippen molar-refractivity contribution in [2.75, 3.05) is 19.0 Å². The molecule has 5 nitrogen and oxygen atoms in total. The van der Waals surface area contributed by atoms with Crippen molar-refractivity contribution in [3.63, 3.8) is 0 Å². The van der Waals surface area contributed by atoms with Gasteiger partial charge in [0.2, 0.25) is 5.16 Å². The minimum atomic E-state index is 0.679. The number of aromatic nitrogens is 4. The van der Waals surface area contributed by atoms with E-state index in [9.17, 15) is 0 Å². The van der Waals surface area contributed by atoms with Gasteiger partial charge in [-0.3, -0.25) is 0 Å². The fourth-order valence-corrected chi connectivity index (χ4v) is 2.54. The molecule has 1 N–H and O–H groups in total. The summed E-state index contributed by atoms with van der Waals surface area (Å²) in [5, 5.41) is 10.2. The first kappa shape index (κ1) is 12.4. The van der Waals surface area contributed by atoms with E-state index in [1.807, 2.05) is 31.2 Å². The number of ether oxygens (including phenoxy) is 1. The van der Waals surface area contributed by atoms with Gasteiger partial charge in [0.15, 0.2) is 5.65 Å². The van der Waals surface area contributed by atoms with Gasteiger partial charge in [-0.25, -0.2) is 4.98 Å². The fraction of sp³-hybridized carbons (Fsp3) is 0.308. The highest BCUT2D eigenvalue weighted by Crippen LogP contribution is 2.22. The second-order valence-electron chi connectivity index (χ2n) is 4.01. The quantitative estimate of drug-likeness (QED) is 0.572. The van der Waals surface area contributed by atoms with Gasteiger partial charge < -0.3 is 9.72 Å². The van der Waals surface area contributed by atoms with Crippen LogP contribution in [0.4, 0.5) is 0 Å². The maximum absolute atomic E-state index is 5.29. The molecular formula is C13H14N4OS. The molecule has 0 saturated heterocycles. The molecule has 0 aliphatic rings. The van der Waals surface area contributed by atoms with Crippen molar-refractivity contribution in [3.05, 3.63) is 24.3 Å². The molecule has 0 aliphatic carbocycles. The molecule has 0 amide bonds.